The molecule has 0 aromatic rings. The largest absolute Gasteiger partial charge is 0.378 e. The molecule has 2 atom stereocenters. The predicted molar refractivity (Wildman–Crippen MR) is 88.4 cm³/mol. The molecule has 0 radical (unpaired) electrons. The Bertz CT molecular complexity index is 337. The molecule has 2 rings (SSSR count). The van der Waals surface area contributed by atoms with E-state index in [9.17, 15) is 0 Å². The molecule has 1 aliphatic heterocycles. The van der Waals surface area contributed by atoms with E-state index in [-0.39, 0.29) is 11.0 Å². The molecule has 4 nitrogen and oxygen atoms in total. The fraction of sp³-hybridized carbons (Fsp3) is 1.00. The van der Waals surface area contributed by atoms with Gasteiger partial charge in [-0.2, -0.15) is 0 Å². The van der Waals surface area contributed by atoms with E-state index in [2.05, 4.69) is 44.7 Å². The summed E-state index contributed by atoms with van der Waals surface area (Å²) in [5.41, 5.74) is 6.72. The van der Waals surface area contributed by atoms with Gasteiger partial charge < -0.3 is 20.3 Å². The van der Waals surface area contributed by atoms with Crippen LogP contribution in [0.1, 0.15) is 40.0 Å². The molecule has 0 aromatic carbocycles. The van der Waals surface area contributed by atoms with Gasteiger partial charge in [0.1, 0.15) is 0 Å². The fourth-order valence-electron chi connectivity index (χ4n) is 4.02. The second-order valence-electron chi connectivity index (χ2n) is 8.01. The van der Waals surface area contributed by atoms with Crippen molar-refractivity contribution in [3.05, 3.63) is 0 Å². The maximum absolute atomic E-state index is 6.72. The summed E-state index contributed by atoms with van der Waals surface area (Å²) in [5, 5.41) is 0. The van der Waals surface area contributed by atoms with Crippen LogP contribution in [0.5, 0.6) is 0 Å². The maximum Gasteiger partial charge on any atom is 0.0662 e. The summed E-state index contributed by atoms with van der Waals surface area (Å²) in [7, 11) is 4.35. The smallest absolute Gasteiger partial charge is 0.0662 e. The number of hydrogen-bond acceptors (Lipinski definition) is 4. The molecule has 0 aromatic heterocycles. The molecule has 21 heavy (non-hydrogen) atoms. The Labute approximate surface area is 131 Å². The zero-order chi connectivity index (χ0) is 15.7. The van der Waals surface area contributed by atoms with E-state index in [0.717, 1.165) is 25.5 Å². The van der Waals surface area contributed by atoms with Crippen molar-refractivity contribution >= 4 is 0 Å². The molecule has 2 fully saturated rings. The molecular weight excluding hydrogens is 262 g/mol. The zero-order valence-corrected chi connectivity index (χ0v) is 14.7. The molecule has 2 N–H and O–H groups in total. The van der Waals surface area contributed by atoms with Gasteiger partial charge in [-0.3, -0.25) is 0 Å². The minimum atomic E-state index is -0.0821. The molecule has 0 bridgehead atoms. The number of hydrogen-bond donors (Lipinski definition) is 1. The average Bonchev–Trinajstić information content (AvgIpc) is 2.40. The van der Waals surface area contributed by atoms with Crippen LogP contribution in [-0.4, -0.2) is 68.3 Å². The van der Waals surface area contributed by atoms with E-state index in [1.54, 1.807) is 0 Å². The van der Waals surface area contributed by atoms with Crippen molar-refractivity contribution in [2.24, 2.45) is 17.1 Å². The van der Waals surface area contributed by atoms with Crippen LogP contribution in [0.25, 0.3) is 0 Å². The molecule has 124 valence electrons. The van der Waals surface area contributed by atoms with Crippen molar-refractivity contribution in [2.75, 3.05) is 46.9 Å². The highest BCUT2D eigenvalue weighted by Gasteiger charge is 2.58. The van der Waals surface area contributed by atoms with Gasteiger partial charge in [0, 0.05) is 30.7 Å². The summed E-state index contributed by atoms with van der Waals surface area (Å²) in [4.78, 5) is 4.89. The van der Waals surface area contributed by atoms with Gasteiger partial charge in [0.05, 0.1) is 6.10 Å². The van der Waals surface area contributed by atoms with Crippen molar-refractivity contribution in [3.8, 4) is 0 Å². The lowest BCUT2D eigenvalue weighted by atomic mass is 9.54. The molecule has 0 spiro atoms. The summed E-state index contributed by atoms with van der Waals surface area (Å²) in [5.74, 6) is 0.857. The molecule has 2 aliphatic rings. The van der Waals surface area contributed by atoms with Crippen LogP contribution < -0.4 is 5.73 Å². The third-order valence-corrected chi connectivity index (χ3v) is 5.84. The van der Waals surface area contributed by atoms with Gasteiger partial charge in [0.25, 0.3) is 0 Å². The highest BCUT2D eigenvalue weighted by molar-refractivity contribution is 5.14. The Morgan fingerprint density at radius 1 is 1.24 bits per heavy atom. The van der Waals surface area contributed by atoms with Crippen LogP contribution in [0, 0.1) is 11.3 Å². The molecule has 1 saturated heterocycles. The van der Waals surface area contributed by atoms with Crippen LogP contribution in [0.2, 0.25) is 0 Å². The number of nitrogens with zero attached hydrogens (tertiary/aromatic N) is 2. The van der Waals surface area contributed by atoms with Crippen LogP contribution in [0.15, 0.2) is 0 Å². The minimum absolute atomic E-state index is 0.0821. The van der Waals surface area contributed by atoms with Gasteiger partial charge in [-0.05, 0) is 59.3 Å². The van der Waals surface area contributed by atoms with Gasteiger partial charge >= 0.3 is 0 Å². The molecule has 0 amide bonds. The number of likely N-dealkylation sites (tertiary alicyclic amines) is 1. The van der Waals surface area contributed by atoms with Gasteiger partial charge in [-0.25, -0.2) is 0 Å². The molecule has 1 heterocycles. The second-order valence-corrected chi connectivity index (χ2v) is 8.01. The van der Waals surface area contributed by atoms with Gasteiger partial charge in [0.15, 0.2) is 0 Å². The molecule has 1 saturated carbocycles. The first kappa shape index (κ1) is 17.2. The average molecular weight is 297 g/mol. The highest BCUT2D eigenvalue weighted by Crippen LogP contribution is 2.50. The highest BCUT2D eigenvalue weighted by atomic mass is 16.5. The van der Waals surface area contributed by atoms with E-state index in [4.69, 9.17) is 10.5 Å². The Balaban J connectivity index is 1.81. The molecular formula is C17H35N3O. The first-order valence-electron chi connectivity index (χ1n) is 8.56. The summed E-state index contributed by atoms with van der Waals surface area (Å²) >= 11 is 0. The number of piperidine rings is 1. The van der Waals surface area contributed by atoms with E-state index < -0.39 is 0 Å². The Morgan fingerprint density at radius 2 is 1.86 bits per heavy atom. The third-order valence-electron chi connectivity index (χ3n) is 5.84. The predicted octanol–water partition coefficient (Wildman–Crippen LogP) is 1.79. The van der Waals surface area contributed by atoms with Crippen LogP contribution in [0.4, 0.5) is 0 Å². The third kappa shape index (κ3) is 3.61. The van der Waals surface area contributed by atoms with Crippen LogP contribution >= 0.6 is 0 Å². The first-order valence-corrected chi connectivity index (χ1v) is 8.56. The van der Waals surface area contributed by atoms with E-state index in [1.807, 2.05) is 0 Å². The lowest BCUT2D eigenvalue weighted by Gasteiger charge is -2.60. The SMILES string of the molecule is CCOC1CC(N)(CN2CCC(CN(C)C)CC2)C1(C)C. The maximum atomic E-state index is 6.72. The van der Waals surface area contributed by atoms with Crippen molar-refractivity contribution in [3.63, 3.8) is 0 Å². The van der Waals surface area contributed by atoms with Crippen molar-refractivity contribution in [2.45, 2.75) is 51.7 Å². The standard InChI is InChI=1S/C17H35N3O/c1-6-21-15-11-17(18,16(15,2)3)13-20-9-7-14(8-10-20)12-19(4)5/h14-15H,6-13,18H2,1-5H3. The Morgan fingerprint density at radius 3 is 2.33 bits per heavy atom. The normalized spacial score (nSPS) is 34.1. The summed E-state index contributed by atoms with van der Waals surface area (Å²) in [6, 6.07) is 0. The van der Waals surface area contributed by atoms with E-state index in [1.165, 1.54) is 32.5 Å². The van der Waals surface area contributed by atoms with E-state index >= 15 is 0 Å². The Kier molecular flexibility index (Phi) is 5.35. The number of rotatable bonds is 6. The number of nitrogens with two attached hydrogens (primary N) is 1. The lowest BCUT2D eigenvalue weighted by Crippen LogP contribution is -2.73. The van der Waals surface area contributed by atoms with Gasteiger partial charge in [-0.15, -0.1) is 0 Å². The molecule has 1 aliphatic carbocycles. The minimum Gasteiger partial charge on any atom is -0.378 e. The fourth-order valence-corrected chi connectivity index (χ4v) is 4.02. The first-order chi connectivity index (χ1) is 9.78. The summed E-state index contributed by atoms with van der Waals surface area (Å²) < 4.78 is 5.83. The van der Waals surface area contributed by atoms with Gasteiger partial charge in [-0.1, -0.05) is 13.8 Å². The topological polar surface area (TPSA) is 41.7 Å². The zero-order valence-electron chi connectivity index (χ0n) is 14.7. The van der Waals surface area contributed by atoms with Gasteiger partial charge in [0.2, 0.25) is 0 Å². The van der Waals surface area contributed by atoms with Crippen LogP contribution in [-0.2, 0) is 4.74 Å². The molecule has 4 heteroatoms. The monoisotopic (exact) mass is 297 g/mol. The summed E-state index contributed by atoms with van der Waals surface area (Å²) in [6.07, 6.45) is 3.96. The number of ether oxygens (including phenoxy) is 1. The second kappa shape index (κ2) is 6.53. The lowest BCUT2D eigenvalue weighted by molar-refractivity contribution is -0.157. The Hall–Kier alpha value is -0.160. The van der Waals surface area contributed by atoms with Crippen LogP contribution in [0.3, 0.4) is 0 Å². The summed E-state index contributed by atoms with van der Waals surface area (Å²) in [6.45, 7) is 12.1. The van der Waals surface area contributed by atoms with Crippen molar-refractivity contribution in [1.82, 2.24) is 9.80 Å². The van der Waals surface area contributed by atoms with E-state index in [0.29, 0.717) is 6.10 Å². The quantitative estimate of drug-likeness (QED) is 0.811. The molecule has 2 unspecified atom stereocenters. The van der Waals surface area contributed by atoms with Crippen molar-refractivity contribution < 1.29 is 4.74 Å². The van der Waals surface area contributed by atoms with Crippen molar-refractivity contribution in [1.29, 1.82) is 0 Å².